The summed E-state index contributed by atoms with van der Waals surface area (Å²) in [6.07, 6.45) is 1.33. The van der Waals surface area contributed by atoms with Crippen LogP contribution in [0.4, 0.5) is 0 Å². The quantitative estimate of drug-likeness (QED) is 0.785. The maximum absolute atomic E-state index is 11.8. The SMILES string of the molecule is O=c1c(Cl)c(Cl)ncn1Cc1ccc(Cl)c(Cl)c1. The Morgan fingerprint density at radius 1 is 1.11 bits per heavy atom. The van der Waals surface area contributed by atoms with Gasteiger partial charge in [0.25, 0.3) is 5.56 Å². The van der Waals surface area contributed by atoms with Gasteiger partial charge < -0.3 is 0 Å². The van der Waals surface area contributed by atoms with E-state index in [0.717, 1.165) is 5.56 Å². The molecule has 2 rings (SSSR count). The monoisotopic (exact) mass is 322 g/mol. The van der Waals surface area contributed by atoms with Crippen molar-refractivity contribution >= 4 is 46.4 Å². The predicted molar refractivity (Wildman–Crippen MR) is 74.1 cm³/mol. The summed E-state index contributed by atoms with van der Waals surface area (Å²) in [6.45, 7) is 0.291. The molecule has 0 aliphatic carbocycles. The van der Waals surface area contributed by atoms with Gasteiger partial charge in [0.1, 0.15) is 5.02 Å². The van der Waals surface area contributed by atoms with E-state index in [9.17, 15) is 4.79 Å². The molecule has 1 aromatic heterocycles. The lowest BCUT2D eigenvalue weighted by Gasteiger charge is -2.07. The minimum Gasteiger partial charge on any atom is -0.293 e. The van der Waals surface area contributed by atoms with Crippen LogP contribution in [-0.4, -0.2) is 9.55 Å². The van der Waals surface area contributed by atoms with E-state index in [1.165, 1.54) is 10.9 Å². The molecule has 18 heavy (non-hydrogen) atoms. The van der Waals surface area contributed by atoms with E-state index in [4.69, 9.17) is 46.4 Å². The highest BCUT2D eigenvalue weighted by molar-refractivity contribution is 6.42. The van der Waals surface area contributed by atoms with Gasteiger partial charge in [0.15, 0.2) is 5.15 Å². The van der Waals surface area contributed by atoms with Crippen LogP contribution in [-0.2, 0) is 6.54 Å². The van der Waals surface area contributed by atoms with E-state index in [1.807, 2.05) is 0 Å². The van der Waals surface area contributed by atoms with Gasteiger partial charge in [0.05, 0.1) is 22.9 Å². The Morgan fingerprint density at radius 2 is 1.83 bits per heavy atom. The Kier molecular flexibility index (Phi) is 4.17. The molecule has 0 spiro atoms. The topological polar surface area (TPSA) is 34.9 Å². The molecular weight excluding hydrogens is 318 g/mol. The fourth-order valence-electron chi connectivity index (χ4n) is 1.39. The van der Waals surface area contributed by atoms with Crippen molar-refractivity contribution in [1.82, 2.24) is 9.55 Å². The van der Waals surface area contributed by atoms with Gasteiger partial charge in [-0.3, -0.25) is 9.36 Å². The highest BCUT2D eigenvalue weighted by Crippen LogP contribution is 2.23. The van der Waals surface area contributed by atoms with Crippen LogP contribution in [0, 0.1) is 0 Å². The van der Waals surface area contributed by atoms with Crippen molar-refractivity contribution in [3.05, 3.63) is 60.7 Å². The van der Waals surface area contributed by atoms with E-state index < -0.39 is 5.56 Å². The molecule has 1 heterocycles. The van der Waals surface area contributed by atoms with Crippen molar-refractivity contribution in [2.45, 2.75) is 6.54 Å². The van der Waals surface area contributed by atoms with Gasteiger partial charge in [-0.1, -0.05) is 52.5 Å². The average molecular weight is 324 g/mol. The lowest BCUT2D eigenvalue weighted by atomic mass is 10.2. The number of benzene rings is 1. The molecule has 0 aliphatic rings. The first-order chi connectivity index (χ1) is 8.49. The summed E-state index contributed by atoms with van der Waals surface area (Å²) < 4.78 is 1.34. The van der Waals surface area contributed by atoms with Crippen LogP contribution in [0.5, 0.6) is 0 Å². The molecule has 0 fully saturated rings. The molecule has 0 amide bonds. The number of halogens is 4. The molecule has 0 bridgehead atoms. The van der Waals surface area contributed by atoms with Crippen molar-refractivity contribution in [1.29, 1.82) is 0 Å². The Balaban J connectivity index is 2.37. The van der Waals surface area contributed by atoms with Crippen molar-refractivity contribution < 1.29 is 0 Å². The summed E-state index contributed by atoms with van der Waals surface area (Å²) in [5.41, 5.74) is 0.412. The smallest absolute Gasteiger partial charge is 0.273 e. The molecule has 0 aliphatic heterocycles. The van der Waals surface area contributed by atoms with Crippen LogP contribution in [0.2, 0.25) is 20.2 Å². The van der Waals surface area contributed by atoms with Gasteiger partial charge in [-0.05, 0) is 17.7 Å². The second kappa shape index (κ2) is 5.49. The molecule has 0 saturated heterocycles. The van der Waals surface area contributed by atoms with Crippen LogP contribution in [0.3, 0.4) is 0 Å². The Bertz CT molecular complexity index is 654. The van der Waals surface area contributed by atoms with Crippen LogP contribution in [0.15, 0.2) is 29.3 Å². The van der Waals surface area contributed by atoms with E-state index >= 15 is 0 Å². The van der Waals surface area contributed by atoms with Gasteiger partial charge in [-0.15, -0.1) is 0 Å². The number of hydrogen-bond acceptors (Lipinski definition) is 2. The van der Waals surface area contributed by atoms with Gasteiger partial charge in [-0.2, -0.15) is 0 Å². The van der Waals surface area contributed by atoms with Crippen molar-refractivity contribution in [3.8, 4) is 0 Å². The molecule has 0 unspecified atom stereocenters. The number of hydrogen-bond donors (Lipinski definition) is 0. The third kappa shape index (κ3) is 2.81. The fourth-order valence-corrected chi connectivity index (χ4v) is 1.99. The molecule has 94 valence electrons. The molecular formula is C11H6Cl4N2O. The first-order valence-corrected chi connectivity index (χ1v) is 6.34. The summed E-state index contributed by atoms with van der Waals surface area (Å²) in [5.74, 6) is 0. The zero-order valence-corrected chi connectivity index (χ0v) is 11.9. The summed E-state index contributed by atoms with van der Waals surface area (Å²) in [6, 6.07) is 5.11. The standard InChI is InChI=1S/C11H6Cl4N2O/c12-7-2-1-6(3-8(7)13)4-17-5-16-10(15)9(14)11(17)18/h1-3,5H,4H2. The number of nitrogens with zero attached hydrogens (tertiary/aromatic N) is 2. The summed E-state index contributed by atoms with van der Waals surface area (Å²) >= 11 is 23.1. The van der Waals surface area contributed by atoms with Gasteiger partial charge in [0, 0.05) is 0 Å². The highest BCUT2D eigenvalue weighted by atomic mass is 35.5. The second-order valence-electron chi connectivity index (χ2n) is 3.53. The normalized spacial score (nSPS) is 10.7. The molecule has 1 aromatic carbocycles. The summed E-state index contributed by atoms with van der Waals surface area (Å²) in [5, 5.41) is 0.779. The summed E-state index contributed by atoms with van der Waals surface area (Å²) in [4.78, 5) is 15.6. The van der Waals surface area contributed by atoms with Crippen molar-refractivity contribution in [2.75, 3.05) is 0 Å². The van der Waals surface area contributed by atoms with Gasteiger partial charge in [-0.25, -0.2) is 4.98 Å². The zero-order valence-electron chi connectivity index (χ0n) is 8.83. The maximum atomic E-state index is 11.8. The molecule has 7 heteroatoms. The minimum absolute atomic E-state index is 0.00736. The van der Waals surface area contributed by atoms with E-state index in [-0.39, 0.29) is 10.2 Å². The Hall–Kier alpha value is -0.740. The van der Waals surface area contributed by atoms with Crippen molar-refractivity contribution in [2.24, 2.45) is 0 Å². The van der Waals surface area contributed by atoms with E-state index in [1.54, 1.807) is 18.2 Å². The Morgan fingerprint density at radius 3 is 2.50 bits per heavy atom. The molecule has 0 saturated carbocycles. The predicted octanol–water partition coefficient (Wildman–Crippen LogP) is 3.91. The van der Waals surface area contributed by atoms with Crippen LogP contribution in [0.1, 0.15) is 5.56 Å². The van der Waals surface area contributed by atoms with Gasteiger partial charge in [0.2, 0.25) is 0 Å². The zero-order chi connectivity index (χ0) is 13.3. The second-order valence-corrected chi connectivity index (χ2v) is 5.08. The van der Waals surface area contributed by atoms with Crippen LogP contribution in [0.25, 0.3) is 0 Å². The third-order valence-electron chi connectivity index (χ3n) is 2.28. The van der Waals surface area contributed by atoms with Crippen LogP contribution < -0.4 is 5.56 Å². The van der Waals surface area contributed by atoms with Crippen molar-refractivity contribution in [3.63, 3.8) is 0 Å². The lowest BCUT2D eigenvalue weighted by molar-refractivity contribution is 0.736. The molecule has 0 radical (unpaired) electrons. The molecule has 2 aromatic rings. The fraction of sp³-hybridized carbons (Fsp3) is 0.0909. The first-order valence-electron chi connectivity index (χ1n) is 4.83. The van der Waals surface area contributed by atoms with Crippen LogP contribution >= 0.6 is 46.4 Å². The van der Waals surface area contributed by atoms with E-state index in [2.05, 4.69) is 4.98 Å². The largest absolute Gasteiger partial charge is 0.293 e. The molecule has 0 N–H and O–H groups in total. The summed E-state index contributed by atoms with van der Waals surface area (Å²) in [7, 11) is 0. The third-order valence-corrected chi connectivity index (χ3v) is 3.74. The highest BCUT2D eigenvalue weighted by Gasteiger charge is 2.08. The van der Waals surface area contributed by atoms with Gasteiger partial charge >= 0.3 is 0 Å². The number of aromatic nitrogens is 2. The molecule has 0 atom stereocenters. The average Bonchev–Trinajstić information content (AvgIpc) is 2.34. The maximum Gasteiger partial charge on any atom is 0.273 e. The molecule has 3 nitrogen and oxygen atoms in total. The Labute approximate surface area is 123 Å². The van der Waals surface area contributed by atoms with E-state index in [0.29, 0.717) is 16.6 Å². The first kappa shape index (κ1) is 13.7. The number of rotatable bonds is 2. The minimum atomic E-state index is -0.400. The lowest BCUT2D eigenvalue weighted by Crippen LogP contribution is -2.21.